The lowest BCUT2D eigenvalue weighted by atomic mass is 9.98. The maximum Gasteiger partial charge on any atom is 0.411 e. The second-order valence-electron chi connectivity index (χ2n) is 8.49. The number of carboxylic acid groups (broad SMARTS) is 1. The monoisotopic (exact) mass is 476 g/mol. The van der Waals surface area contributed by atoms with Crippen LogP contribution in [0.25, 0.3) is 11.1 Å². The average molecular weight is 477 g/mol. The first kappa shape index (κ1) is 24.0. The van der Waals surface area contributed by atoms with Gasteiger partial charge in [0.15, 0.2) is 0 Å². The highest BCUT2D eigenvalue weighted by Crippen LogP contribution is 2.44. The molecule has 1 atom stereocenters. The van der Waals surface area contributed by atoms with Gasteiger partial charge in [0.2, 0.25) is 0 Å². The van der Waals surface area contributed by atoms with Gasteiger partial charge in [0.1, 0.15) is 18.3 Å². The topological polar surface area (TPSA) is 123 Å². The van der Waals surface area contributed by atoms with Crippen molar-refractivity contribution in [2.45, 2.75) is 38.1 Å². The summed E-state index contributed by atoms with van der Waals surface area (Å²) in [5.41, 5.74) is 4.62. The Kier molecular flexibility index (Phi) is 7.14. The Morgan fingerprint density at radius 2 is 1.71 bits per heavy atom. The van der Waals surface area contributed by atoms with E-state index in [0.717, 1.165) is 28.7 Å². The molecule has 0 saturated carbocycles. The van der Waals surface area contributed by atoms with E-state index in [2.05, 4.69) is 27.9 Å². The van der Waals surface area contributed by atoms with Gasteiger partial charge in [-0.2, -0.15) is 5.10 Å². The molecule has 1 aliphatic rings. The standard InChI is InChI=1S/C26H28N4O5/c1-3-4-13-21(25(32)33)28-24(31)23-22(14-27-30(23)2)29-26(34)35-15-20-18-11-7-5-9-16(18)17-10-6-8-12-19(17)20/h5-12,14,20-21H,3-4,13,15H2,1-2H3,(H,28,31)(H,29,34)(H,32,33)/t21-/m0/s1. The van der Waals surface area contributed by atoms with E-state index in [1.54, 1.807) is 7.05 Å². The summed E-state index contributed by atoms with van der Waals surface area (Å²) in [5, 5.41) is 18.5. The Bertz CT molecular complexity index is 1210. The van der Waals surface area contributed by atoms with E-state index >= 15 is 0 Å². The van der Waals surface area contributed by atoms with Gasteiger partial charge in [0.05, 0.1) is 11.9 Å². The minimum absolute atomic E-state index is 0.0428. The largest absolute Gasteiger partial charge is 0.480 e. The number of fused-ring (bicyclic) bond motifs is 3. The summed E-state index contributed by atoms with van der Waals surface area (Å²) in [7, 11) is 1.54. The number of aliphatic carboxylic acids is 1. The van der Waals surface area contributed by atoms with Crippen molar-refractivity contribution in [2.24, 2.45) is 7.05 Å². The van der Waals surface area contributed by atoms with E-state index in [1.165, 1.54) is 10.9 Å². The van der Waals surface area contributed by atoms with Crippen LogP contribution in [0.2, 0.25) is 0 Å². The number of ether oxygens (including phenoxy) is 1. The third-order valence-electron chi connectivity index (χ3n) is 6.18. The third kappa shape index (κ3) is 5.03. The Morgan fingerprint density at radius 3 is 2.31 bits per heavy atom. The number of aryl methyl sites for hydroxylation is 1. The van der Waals surface area contributed by atoms with Gasteiger partial charge in [-0.3, -0.25) is 14.8 Å². The highest BCUT2D eigenvalue weighted by atomic mass is 16.5. The molecule has 1 aromatic heterocycles. The van der Waals surface area contributed by atoms with Crippen LogP contribution in [-0.2, 0) is 16.6 Å². The summed E-state index contributed by atoms with van der Waals surface area (Å²) < 4.78 is 6.83. The van der Waals surface area contributed by atoms with Crippen LogP contribution < -0.4 is 10.6 Å². The van der Waals surface area contributed by atoms with Gasteiger partial charge >= 0.3 is 12.1 Å². The van der Waals surface area contributed by atoms with Crippen molar-refractivity contribution in [2.75, 3.05) is 11.9 Å². The van der Waals surface area contributed by atoms with E-state index in [0.29, 0.717) is 12.8 Å². The molecule has 2 amide bonds. The molecule has 3 aromatic rings. The number of nitrogens with one attached hydrogen (secondary N) is 2. The average Bonchev–Trinajstić information content (AvgIpc) is 3.37. The Hall–Kier alpha value is -4.14. The van der Waals surface area contributed by atoms with Crippen molar-refractivity contribution in [3.05, 3.63) is 71.5 Å². The van der Waals surface area contributed by atoms with Crippen molar-refractivity contribution in [3.63, 3.8) is 0 Å². The zero-order chi connectivity index (χ0) is 24.9. The number of aromatic nitrogens is 2. The SMILES string of the molecule is CCCC[C@H](NC(=O)c1c(NC(=O)OCC2c3ccccc3-c3ccccc32)cnn1C)C(=O)O. The van der Waals surface area contributed by atoms with Gasteiger partial charge in [-0.05, 0) is 28.7 Å². The molecular formula is C26H28N4O5. The lowest BCUT2D eigenvalue weighted by Gasteiger charge is -2.16. The van der Waals surface area contributed by atoms with Gasteiger partial charge in [-0.1, -0.05) is 68.3 Å². The van der Waals surface area contributed by atoms with Gasteiger partial charge in [-0.15, -0.1) is 0 Å². The molecule has 3 N–H and O–H groups in total. The summed E-state index contributed by atoms with van der Waals surface area (Å²) in [5.74, 6) is -1.85. The van der Waals surface area contributed by atoms with Crippen molar-refractivity contribution in [3.8, 4) is 11.1 Å². The highest BCUT2D eigenvalue weighted by Gasteiger charge is 2.30. The summed E-state index contributed by atoms with van der Waals surface area (Å²) in [4.78, 5) is 37.0. The molecule has 0 fully saturated rings. The number of hydrogen-bond acceptors (Lipinski definition) is 5. The molecule has 35 heavy (non-hydrogen) atoms. The number of amides is 2. The molecule has 0 unspecified atom stereocenters. The maximum atomic E-state index is 12.8. The molecule has 1 aliphatic carbocycles. The normalized spacial score (nSPS) is 13.0. The fourth-order valence-corrected chi connectivity index (χ4v) is 4.43. The van der Waals surface area contributed by atoms with Crippen molar-refractivity contribution in [1.82, 2.24) is 15.1 Å². The molecule has 0 saturated heterocycles. The molecule has 2 aromatic carbocycles. The molecule has 0 bridgehead atoms. The van der Waals surface area contributed by atoms with E-state index in [4.69, 9.17) is 4.74 Å². The maximum absolute atomic E-state index is 12.8. The van der Waals surface area contributed by atoms with Crippen molar-refractivity contribution >= 4 is 23.7 Å². The second-order valence-corrected chi connectivity index (χ2v) is 8.49. The quantitative estimate of drug-likeness (QED) is 0.426. The van der Waals surface area contributed by atoms with Crippen LogP contribution in [-0.4, -0.2) is 45.5 Å². The predicted octanol–water partition coefficient (Wildman–Crippen LogP) is 4.15. The Morgan fingerprint density at radius 1 is 1.09 bits per heavy atom. The second kappa shape index (κ2) is 10.4. The van der Waals surface area contributed by atoms with Gasteiger partial charge in [0.25, 0.3) is 5.91 Å². The molecule has 4 rings (SSSR count). The summed E-state index contributed by atoms with van der Waals surface area (Å²) in [6, 6.07) is 15.0. The molecule has 1 heterocycles. The first-order valence-electron chi connectivity index (χ1n) is 11.6. The number of carbonyl (C=O) groups is 3. The first-order valence-corrected chi connectivity index (χ1v) is 11.6. The van der Waals surface area contributed by atoms with Crippen LogP contribution in [0.5, 0.6) is 0 Å². The van der Waals surface area contributed by atoms with Gasteiger partial charge in [0, 0.05) is 13.0 Å². The van der Waals surface area contributed by atoms with E-state index in [-0.39, 0.29) is 23.9 Å². The van der Waals surface area contributed by atoms with Crippen LogP contribution in [0.4, 0.5) is 10.5 Å². The van der Waals surface area contributed by atoms with Crippen molar-refractivity contribution in [1.29, 1.82) is 0 Å². The van der Waals surface area contributed by atoms with Crippen LogP contribution in [0, 0.1) is 0 Å². The first-order chi connectivity index (χ1) is 16.9. The molecule has 182 valence electrons. The minimum atomic E-state index is -1.11. The number of unbranched alkanes of at least 4 members (excludes halogenated alkanes) is 1. The third-order valence-corrected chi connectivity index (χ3v) is 6.18. The van der Waals surface area contributed by atoms with Gasteiger partial charge in [-0.25, -0.2) is 9.59 Å². The van der Waals surface area contributed by atoms with Crippen LogP contribution in [0.1, 0.15) is 53.7 Å². The van der Waals surface area contributed by atoms with Crippen LogP contribution in [0.15, 0.2) is 54.7 Å². The summed E-state index contributed by atoms with van der Waals surface area (Å²) >= 11 is 0. The van der Waals surface area contributed by atoms with E-state index in [1.807, 2.05) is 43.3 Å². The fourth-order valence-electron chi connectivity index (χ4n) is 4.43. The number of rotatable bonds is 9. The minimum Gasteiger partial charge on any atom is -0.480 e. The lowest BCUT2D eigenvalue weighted by Crippen LogP contribution is -2.41. The van der Waals surface area contributed by atoms with Gasteiger partial charge < -0.3 is 15.2 Å². The molecule has 0 radical (unpaired) electrons. The smallest absolute Gasteiger partial charge is 0.411 e. The summed E-state index contributed by atoms with van der Waals surface area (Å²) in [6.07, 6.45) is 2.38. The zero-order valence-electron chi connectivity index (χ0n) is 19.7. The number of hydrogen-bond donors (Lipinski definition) is 3. The Balaban J connectivity index is 1.44. The highest BCUT2D eigenvalue weighted by molar-refractivity contribution is 6.02. The van der Waals surface area contributed by atoms with Crippen LogP contribution in [0.3, 0.4) is 0 Å². The Labute approximate surface area is 203 Å². The number of carboxylic acids is 1. The van der Waals surface area contributed by atoms with Crippen molar-refractivity contribution < 1.29 is 24.2 Å². The van der Waals surface area contributed by atoms with E-state index in [9.17, 15) is 19.5 Å². The number of benzene rings is 2. The summed E-state index contributed by atoms with van der Waals surface area (Å²) in [6.45, 7) is 2.07. The zero-order valence-corrected chi connectivity index (χ0v) is 19.7. The predicted molar refractivity (Wildman–Crippen MR) is 130 cm³/mol. The molecular weight excluding hydrogens is 448 g/mol. The lowest BCUT2D eigenvalue weighted by molar-refractivity contribution is -0.139. The number of carbonyl (C=O) groups excluding carboxylic acids is 2. The van der Waals surface area contributed by atoms with E-state index < -0.39 is 24.0 Å². The molecule has 9 heteroatoms. The molecule has 9 nitrogen and oxygen atoms in total. The van der Waals surface area contributed by atoms with Crippen LogP contribution >= 0.6 is 0 Å². The fraction of sp³-hybridized carbons (Fsp3) is 0.308. The molecule has 0 spiro atoms. The molecule has 0 aliphatic heterocycles. The number of nitrogens with zero attached hydrogens (tertiary/aromatic N) is 2. The number of anilines is 1.